The Balaban J connectivity index is 2.48. The van der Waals surface area contributed by atoms with Gasteiger partial charge in [0, 0.05) is 6.20 Å². The predicted octanol–water partition coefficient (Wildman–Crippen LogP) is 1.72. The molecule has 0 radical (unpaired) electrons. The number of pyridine rings is 1. The van der Waals surface area contributed by atoms with Gasteiger partial charge in [-0.3, -0.25) is 10.8 Å². The fraction of sp³-hybridized carbons (Fsp3) is 0.333. The zero-order chi connectivity index (χ0) is 13.1. The van der Waals surface area contributed by atoms with Crippen molar-refractivity contribution >= 4 is 11.3 Å². The lowest BCUT2D eigenvalue weighted by molar-refractivity contribution is 0.400. The van der Waals surface area contributed by atoms with Crippen molar-refractivity contribution in [3.05, 3.63) is 39.6 Å². The summed E-state index contributed by atoms with van der Waals surface area (Å²) in [5.74, 6) is 6.39. The number of nitrogens with two attached hydrogens (primary N) is 1. The van der Waals surface area contributed by atoms with Gasteiger partial charge in [-0.2, -0.15) is 0 Å². The monoisotopic (exact) mass is 264 g/mol. The first-order chi connectivity index (χ1) is 8.67. The number of aryl methyl sites for hydroxylation is 2. The lowest BCUT2D eigenvalue weighted by Gasteiger charge is -2.16. The Morgan fingerprint density at radius 2 is 2.22 bits per heavy atom. The van der Waals surface area contributed by atoms with Crippen molar-refractivity contribution in [3.63, 3.8) is 0 Å². The average Bonchev–Trinajstić information content (AvgIpc) is 2.70. The highest BCUT2D eigenvalue weighted by atomic mass is 32.1. The number of nitrogens with one attached hydrogen (secondary N) is 1. The minimum absolute atomic E-state index is 0.202. The number of methoxy groups -OCH3 is 1. The third-order valence-electron chi connectivity index (χ3n) is 2.66. The summed E-state index contributed by atoms with van der Waals surface area (Å²) in [5, 5.41) is 1.01. The third kappa shape index (κ3) is 2.35. The molecule has 0 aliphatic carbocycles. The summed E-state index contributed by atoms with van der Waals surface area (Å²) < 4.78 is 5.32. The van der Waals surface area contributed by atoms with E-state index in [1.54, 1.807) is 24.6 Å². The van der Waals surface area contributed by atoms with Crippen LogP contribution in [0.5, 0.6) is 5.75 Å². The quantitative estimate of drug-likeness (QED) is 0.649. The van der Waals surface area contributed by atoms with Crippen LogP contribution in [0.1, 0.15) is 27.3 Å². The van der Waals surface area contributed by atoms with Gasteiger partial charge in [0.2, 0.25) is 0 Å². The Bertz CT molecular complexity index is 541. The highest BCUT2D eigenvalue weighted by Crippen LogP contribution is 2.32. The summed E-state index contributed by atoms with van der Waals surface area (Å²) in [4.78, 5) is 9.84. The van der Waals surface area contributed by atoms with Crippen LogP contribution in [0.2, 0.25) is 0 Å². The molecule has 2 aromatic heterocycles. The summed E-state index contributed by atoms with van der Waals surface area (Å²) in [6, 6.07) is 3.50. The van der Waals surface area contributed by atoms with Crippen molar-refractivity contribution in [3.8, 4) is 5.75 Å². The summed E-state index contributed by atoms with van der Waals surface area (Å²) in [6.07, 6.45) is 1.73. The van der Waals surface area contributed by atoms with E-state index >= 15 is 0 Å². The number of thiazole rings is 1. The van der Waals surface area contributed by atoms with Crippen LogP contribution in [0.4, 0.5) is 0 Å². The highest BCUT2D eigenvalue weighted by Gasteiger charge is 2.22. The molecule has 0 aliphatic rings. The van der Waals surface area contributed by atoms with Crippen LogP contribution in [0, 0.1) is 13.8 Å². The molecule has 96 valence electrons. The summed E-state index contributed by atoms with van der Waals surface area (Å²) in [6.45, 7) is 3.95. The SMILES string of the molecule is COc1cccnc1C(NN)c1sc(C)nc1C. The highest BCUT2D eigenvalue weighted by molar-refractivity contribution is 7.11. The zero-order valence-electron chi connectivity index (χ0n) is 10.6. The second-order valence-electron chi connectivity index (χ2n) is 3.87. The smallest absolute Gasteiger partial charge is 0.142 e. The van der Waals surface area contributed by atoms with Crippen LogP contribution in [0.3, 0.4) is 0 Å². The fourth-order valence-corrected chi connectivity index (χ4v) is 2.88. The van der Waals surface area contributed by atoms with E-state index in [1.807, 2.05) is 26.0 Å². The summed E-state index contributed by atoms with van der Waals surface area (Å²) >= 11 is 1.61. The maximum Gasteiger partial charge on any atom is 0.142 e. The van der Waals surface area contributed by atoms with Crippen molar-refractivity contribution in [2.75, 3.05) is 7.11 Å². The van der Waals surface area contributed by atoms with Crippen molar-refractivity contribution < 1.29 is 4.74 Å². The number of ether oxygens (including phenoxy) is 1. The van der Waals surface area contributed by atoms with Gasteiger partial charge in [-0.25, -0.2) is 10.4 Å². The van der Waals surface area contributed by atoms with Crippen LogP contribution < -0.4 is 16.0 Å². The first-order valence-electron chi connectivity index (χ1n) is 5.56. The van der Waals surface area contributed by atoms with Crippen molar-refractivity contribution in [1.29, 1.82) is 0 Å². The third-order valence-corrected chi connectivity index (χ3v) is 3.80. The Hall–Kier alpha value is -1.50. The van der Waals surface area contributed by atoms with Gasteiger partial charge in [-0.1, -0.05) is 0 Å². The Kier molecular flexibility index (Phi) is 3.90. The molecular weight excluding hydrogens is 248 g/mol. The molecule has 0 amide bonds. The molecule has 6 heteroatoms. The molecule has 1 unspecified atom stereocenters. The fourth-order valence-electron chi connectivity index (χ4n) is 1.89. The summed E-state index contributed by atoms with van der Waals surface area (Å²) in [5.41, 5.74) is 4.53. The lowest BCUT2D eigenvalue weighted by Crippen LogP contribution is -2.29. The Morgan fingerprint density at radius 1 is 1.44 bits per heavy atom. The maximum atomic E-state index is 5.67. The number of hydrogen-bond acceptors (Lipinski definition) is 6. The number of nitrogens with zero attached hydrogens (tertiary/aromatic N) is 2. The molecule has 5 nitrogen and oxygen atoms in total. The number of rotatable bonds is 4. The van der Waals surface area contributed by atoms with E-state index in [4.69, 9.17) is 10.6 Å². The van der Waals surface area contributed by atoms with Gasteiger partial charge < -0.3 is 4.74 Å². The van der Waals surface area contributed by atoms with E-state index < -0.39 is 0 Å². The van der Waals surface area contributed by atoms with Crippen LogP contribution >= 0.6 is 11.3 Å². The topological polar surface area (TPSA) is 73.1 Å². The molecule has 2 rings (SSSR count). The van der Waals surface area contributed by atoms with Gasteiger partial charge in [-0.15, -0.1) is 11.3 Å². The first kappa shape index (κ1) is 12.9. The second kappa shape index (κ2) is 5.43. The van der Waals surface area contributed by atoms with E-state index in [1.165, 1.54) is 0 Å². The van der Waals surface area contributed by atoms with Crippen LogP contribution in [0.25, 0.3) is 0 Å². The van der Waals surface area contributed by atoms with Crippen LogP contribution in [0.15, 0.2) is 18.3 Å². The van der Waals surface area contributed by atoms with Crippen molar-refractivity contribution in [2.24, 2.45) is 5.84 Å². The second-order valence-corrected chi connectivity index (χ2v) is 5.11. The minimum atomic E-state index is -0.202. The molecule has 0 saturated carbocycles. The molecule has 2 aromatic rings. The first-order valence-corrected chi connectivity index (χ1v) is 6.38. The van der Waals surface area contributed by atoms with Gasteiger partial charge in [0.15, 0.2) is 0 Å². The molecule has 2 heterocycles. The van der Waals surface area contributed by atoms with E-state index in [2.05, 4.69) is 15.4 Å². The van der Waals surface area contributed by atoms with Crippen molar-refractivity contribution in [1.82, 2.24) is 15.4 Å². The van der Waals surface area contributed by atoms with Gasteiger partial charge in [0.05, 0.1) is 22.7 Å². The zero-order valence-corrected chi connectivity index (χ0v) is 11.4. The summed E-state index contributed by atoms with van der Waals surface area (Å²) in [7, 11) is 1.62. The predicted molar refractivity (Wildman–Crippen MR) is 71.5 cm³/mol. The van der Waals surface area contributed by atoms with Gasteiger partial charge >= 0.3 is 0 Å². The molecule has 0 aliphatic heterocycles. The minimum Gasteiger partial charge on any atom is -0.495 e. The molecule has 0 aromatic carbocycles. The van der Waals surface area contributed by atoms with Crippen LogP contribution in [-0.2, 0) is 0 Å². The van der Waals surface area contributed by atoms with Gasteiger partial charge in [-0.05, 0) is 26.0 Å². The number of hydrogen-bond donors (Lipinski definition) is 2. The van der Waals surface area contributed by atoms with Crippen molar-refractivity contribution in [2.45, 2.75) is 19.9 Å². The standard InChI is InChI=1S/C12H16N4OS/c1-7-12(18-8(2)15-7)11(16-13)10-9(17-3)5-4-6-14-10/h4-6,11,16H,13H2,1-3H3. The van der Waals surface area contributed by atoms with E-state index in [0.717, 1.165) is 21.3 Å². The number of hydrazine groups is 1. The molecule has 1 atom stereocenters. The molecular formula is C12H16N4OS. The average molecular weight is 264 g/mol. The normalized spacial score (nSPS) is 12.4. The largest absolute Gasteiger partial charge is 0.495 e. The molecule has 0 saturated heterocycles. The number of aromatic nitrogens is 2. The molecule has 0 fully saturated rings. The Morgan fingerprint density at radius 3 is 2.78 bits per heavy atom. The van der Waals surface area contributed by atoms with Crippen LogP contribution in [-0.4, -0.2) is 17.1 Å². The maximum absolute atomic E-state index is 5.67. The Labute approximate surface area is 110 Å². The molecule has 0 bridgehead atoms. The van der Waals surface area contributed by atoms with E-state index in [-0.39, 0.29) is 6.04 Å². The molecule has 3 N–H and O–H groups in total. The van der Waals surface area contributed by atoms with Gasteiger partial charge in [0.1, 0.15) is 17.5 Å². The molecule has 18 heavy (non-hydrogen) atoms. The van der Waals surface area contributed by atoms with E-state index in [0.29, 0.717) is 5.75 Å². The lowest BCUT2D eigenvalue weighted by atomic mass is 10.1. The van der Waals surface area contributed by atoms with E-state index in [9.17, 15) is 0 Å². The van der Waals surface area contributed by atoms with Gasteiger partial charge in [0.25, 0.3) is 0 Å². The molecule has 0 spiro atoms.